The Kier molecular flexibility index (Phi) is 15.1. The van der Waals surface area contributed by atoms with Gasteiger partial charge in [0.05, 0.1) is 0 Å². The molecule has 0 radical (unpaired) electrons. The Bertz CT molecular complexity index is 43.8. The molecule has 0 aliphatic rings. The van der Waals surface area contributed by atoms with Gasteiger partial charge in [-0.15, -0.1) is 24.8 Å². The van der Waals surface area contributed by atoms with Crippen molar-refractivity contribution >= 4 is 32.9 Å². The quantitative estimate of drug-likeness (QED) is 0.653. The van der Waals surface area contributed by atoms with Gasteiger partial charge in [-0.05, 0) is 0 Å². The van der Waals surface area contributed by atoms with Crippen LogP contribution in [0.25, 0.3) is 0 Å². The molecule has 0 spiro atoms. The van der Waals surface area contributed by atoms with Gasteiger partial charge in [-0.2, -0.15) is 0 Å². The molecular weight excluding hydrogens is 287 g/mol. The van der Waals surface area contributed by atoms with Crippen molar-refractivity contribution in [3.05, 3.63) is 0 Å². The zero-order chi connectivity index (χ0) is 5.21. The van der Waals surface area contributed by atoms with E-state index in [1.807, 2.05) is 0 Å². The number of hydrogen-bond donors (Lipinski definition) is 0. The number of rotatable bonds is 1. The molecule has 4 heteroatoms. The molecule has 0 bridgehead atoms. The number of hydrogen-bond acceptors (Lipinski definition) is 0. The van der Waals surface area contributed by atoms with E-state index in [1.54, 1.807) is 1.56 Å². The summed E-state index contributed by atoms with van der Waals surface area (Å²) in [6.07, 6.45) is 0. The van der Waals surface area contributed by atoms with Crippen LogP contribution in [0.15, 0.2) is 0 Å². The third kappa shape index (κ3) is 15.7. The molecule has 0 aromatic carbocycles. The fraction of sp³-hybridized carbons (Fsp3) is 1.00. The minimum absolute atomic E-state index is 0. The first-order chi connectivity index (χ1) is 2.56. The van der Waals surface area contributed by atoms with Gasteiger partial charge in [-0.3, -0.25) is 0 Å². The van der Waals surface area contributed by atoms with Gasteiger partial charge in [0.1, 0.15) is 0 Å². The largest absolute Gasteiger partial charge is 0.147 e. The van der Waals surface area contributed by atoms with Crippen LogP contribution in [0.1, 0.15) is 0 Å². The Labute approximate surface area is 92.3 Å². The van der Waals surface area contributed by atoms with Crippen LogP contribution >= 0.6 is 24.8 Å². The van der Waals surface area contributed by atoms with Crippen LogP contribution < -0.4 is 0 Å². The molecule has 0 fully saturated rings. The van der Waals surface area contributed by atoms with Crippen molar-refractivity contribution in [2.75, 3.05) is 0 Å². The standard InChI is InChI=1S/C4H11Si.Ce.2ClH/c1-5(2,3)4;;;/h1H2,2-4H3;;2*1H. The van der Waals surface area contributed by atoms with Crippen molar-refractivity contribution in [2.45, 2.75) is 21.2 Å². The van der Waals surface area contributed by atoms with Crippen LogP contribution in [0.3, 0.4) is 0 Å². The van der Waals surface area contributed by atoms with Crippen LogP contribution in [0, 0.1) is 39.6 Å². The monoisotopic (exact) mass is 299 g/mol. The van der Waals surface area contributed by atoms with E-state index >= 15 is 0 Å². The summed E-state index contributed by atoms with van der Waals surface area (Å²) in [5.41, 5.74) is 0. The summed E-state index contributed by atoms with van der Waals surface area (Å²) in [5.74, 6) is 0. The third-order valence-electron chi connectivity index (χ3n) is 0.530. The van der Waals surface area contributed by atoms with Crippen LogP contribution in [-0.2, 0) is 0 Å². The van der Waals surface area contributed by atoms with E-state index < -0.39 is 8.07 Å². The second kappa shape index (κ2) is 7.28. The van der Waals surface area contributed by atoms with Gasteiger partial charge in [-0.1, -0.05) is 0 Å². The summed E-state index contributed by atoms with van der Waals surface area (Å²) in [7, 11) is -0.569. The zero-order valence-electron chi connectivity index (χ0n) is 5.52. The SMILES string of the molecule is C[Si](C)(C)[CH2][Ce].Cl.Cl. The Morgan fingerprint density at radius 2 is 1.25 bits per heavy atom. The zero-order valence-corrected chi connectivity index (χ0v) is 11.3. The second-order valence-corrected chi connectivity index (χ2v) is 11.5. The predicted molar refractivity (Wildman–Crippen MR) is 42.6 cm³/mol. The summed E-state index contributed by atoms with van der Waals surface area (Å²) < 4.78 is 1.55. The first kappa shape index (κ1) is 16.6. The third-order valence-corrected chi connectivity index (χ3v) is 11.6. The van der Waals surface area contributed by atoms with E-state index in [0.29, 0.717) is 0 Å². The summed E-state index contributed by atoms with van der Waals surface area (Å²) in [6.45, 7) is 7.25. The maximum absolute atomic E-state index is 2.42. The molecule has 0 amide bonds. The molecule has 0 rings (SSSR count). The second-order valence-electron chi connectivity index (χ2n) is 2.74. The van der Waals surface area contributed by atoms with Crippen LogP contribution in [-0.4, -0.2) is 8.07 Å². The van der Waals surface area contributed by atoms with Gasteiger partial charge in [0.25, 0.3) is 0 Å². The van der Waals surface area contributed by atoms with Crippen molar-refractivity contribution < 1.29 is 39.6 Å². The molecule has 8 heavy (non-hydrogen) atoms. The van der Waals surface area contributed by atoms with Crippen molar-refractivity contribution in [1.29, 1.82) is 0 Å². The maximum atomic E-state index is 2.42. The minimum atomic E-state index is -0.569. The van der Waals surface area contributed by atoms with Crippen LogP contribution in [0.2, 0.25) is 21.2 Å². The molecule has 0 aromatic rings. The van der Waals surface area contributed by atoms with E-state index in [0.717, 1.165) is 0 Å². The molecule has 0 atom stereocenters. The first-order valence-electron chi connectivity index (χ1n) is 2.21. The Morgan fingerprint density at radius 3 is 1.25 bits per heavy atom. The average Bonchev–Trinajstić information content (AvgIpc) is 1.35. The van der Waals surface area contributed by atoms with E-state index in [2.05, 4.69) is 19.6 Å². The molecule has 51 valence electrons. The van der Waals surface area contributed by atoms with E-state index in [9.17, 15) is 0 Å². The van der Waals surface area contributed by atoms with E-state index in [-0.39, 0.29) is 24.8 Å². The van der Waals surface area contributed by atoms with Crippen LogP contribution in [0.4, 0.5) is 0 Å². The van der Waals surface area contributed by atoms with Crippen molar-refractivity contribution in [3.8, 4) is 0 Å². The molecular formula is C4H13CeCl2Si. The maximum Gasteiger partial charge on any atom is -0.147 e. The van der Waals surface area contributed by atoms with Gasteiger partial charge in [0.15, 0.2) is 0 Å². The van der Waals surface area contributed by atoms with Crippen molar-refractivity contribution in [1.82, 2.24) is 0 Å². The van der Waals surface area contributed by atoms with Crippen molar-refractivity contribution in [2.24, 2.45) is 0 Å². The van der Waals surface area contributed by atoms with Gasteiger partial charge >= 0.3 is 68.9 Å². The minimum Gasteiger partial charge on any atom is -0.147 e. The molecule has 0 nitrogen and oxygen atoms in total. The van der Waals surface area contributed by atoms with Gasteiger partial charge in [-0.25, -0.2) is 0 Å². The van der Waals surface area contributed by atoms with E-state index in [1.165, 1.54) is 39.6 Å². The fourth-order valence-electron chi connectivity index (χ4n) is 0. The Balaban J connectivity index is -0.000000125. The van der Waals surface area contributed by atoms with Gasteiger partial charge < -0.3 is 0 Å². The summed E-state index contributed by atoms with van der Waals surface area (Å²) in [6, 6.07) is 0. The molecule has 0 aliphatic heterocycles. The summed E-state index contributed by atoms with van der Waals surface area (Å²) in [5, 5.41) is 0. The Hall–Kier alpha value is 2.17. The molecule has 0 saturated heterocycles. The molecule has 0 unspecified atom stereocenters. The normalized spacial score (nSPS) is 8.75. The smallest absolute Gasteiger partial charge is 0.147 e. The van der Waals surface area contributed by atoms with Crippen molar-refractivity contribution in [3.63, 3.8) is 0 Å². The van der Waals surface area contributed by atoms with Gasteiger partial charge in [0, 0.05) is 0 Å². The van der Waals surface area contributed by atoms with Crippen LogP contribution in [0.5, 0.6) is 0 Å². The molecule has 0 saturated carbocycles. The fourth-order valence-corrected chi connectivity index (χ4v) is 0. The summed E-state index contributed by atoms with van der Waals surface area (Å²) in [4.78, 5) is 0. The molecule has 0 aliphatic carbocycles. The topological polar surface area (TPSA) is 0 Å². The predicted octanol–water partition coefficient (Wildman–Crippen LogP) is 2.68. The Morgan fingerprint density at radius 1 is 1.12 bits per heavy atom. The molecule has 0 N–H and O–H groups in total. The molecule has 0 aromatic heterocycles. The summed E-state index contributed by atoms with van der Waals surface area (Å²) >= 11 is 1.41. The average molecular weight is 300 g/mol. The number of halogens is 2. The van der Waals surface area contributed by atoms with Gasteiger partial charge in [0.2, 0.25) is 0 Å². The molecule has 0 heterocycles. The first-order valence-corrected chi connectivity index (χ1v) is 8.13. The van der Waals surface area contributed by atoms with E-state index in [4.69, 9.17) is 0 Å².